The third-order valence-corrected chi connectivity index (χ3v) is 3.27. The molecule has 0 aliphatic carbocycles. The first-order valence-corrected chi connectivity index (χ1v) is 6.82. The molecule has 0 radical (unpaired) electrons. The Hall–Kier alpha value is -2.43. The molecule has 112 valence electrons. The Labute approximate surface area is 124 Å². The molecule has 21 heavy (non-hydrogen) atoms. The molecule has 0 spiro atoms. The van der Waals surface area contributed by atoms with E-state index in [4.69, 9.17) is 10.2 Å². The molecule has 1 aromatic carbocycles. The average Bonchev–Trinajstić information content (AvgIpc) is 2.87. The molecule has 1 amide bonds. The van der Waals surface area contributed by atoms with Gasteiger partial charge in [-0.15, -0.1) is 0 Å². The number of aryl methyl sites for hydroxylation is 1. The zero-order valence-electron chi connectivity index (χ0n) is 12.8. The van der Waals surface area contributed by atoms with Crippen molar-refractivity contribution in [3.8, 4) is 0 Å². The van der Waals surface area contributed by atoms with Gasteiger partial charge in [-0.05, 0) is 44.2 Å². The number of nitrogens with one attached hydrogen (secondary N) is 1. The van der Waals surface area contributed by atoms with Crippen LogP contribution in [0.3, 0.4) is 0 Å². The summed E-state index contributed by atoms with van der Waals surface area (Å²) in [6, 6.07) is 9.04. The highest BCUT2D eigenvalue weighted by molar-refractivity contribution is 5.95. The number of nitrogens with zero attached hydrogens (tertiary/aromatic N) is 1. The average molecular weight is 287 g/mol. The highest BCUT2D eigenvalue weighted by Gasteiger charge is 2.14. The number of hydrogen-bond acceptors (Lipinski definition) is 4. The topological polar surface area (TPSA) is 71.5 Å². The van der Waals surface area contributed by atoms with Crippen molar-refractivity contribution in [2.24, 2.45) is 0 Å². The van der Waals surface area contributed by atoms with Gasteiger partial charge in [0.2, 0.25) is 0 Å². The van der Waals surface area contributed by atoms with Crippen LogP contribution in [0, 0.1) is 6.92 Å². The van der Waals surface area contributed by atoms with Crippen molar-refractivity contribution in [3.63, 3.8) is 0 Å². The van der Waals surface area contributed by atoms with Crippen molar-refractivity contribution in [2.75, 3.05) is 25.1 Å². The van der Waals surface area contributed by atoms with E-state index in [0.717, 1.165) is 17.2 Å². The van der Waals surface area contributed by atoms with E-state index in [2.05, 4.69) is 5.32 Å². The lowest BCUT2D eigenvalue weighted by Crippen LogP contribution is -2.22. The van der Waals surface area contributed by atoms with Crippen LogP contribution in [0.1, 0.15) is 34.8 Å². The molecule has 2 rings (SSSR count). The van der Waals surface area contributed by atoms with Crippen molar-refractivity contribution in [1.82, 2.24) is 4.90 Å². The fourth-order valence-electron chi connectivity index (χ4n) is 2.06. The van der Waals surface area contributed by atoms with Crippen LogP contribution < -0.4 is 11.1 Å². The Morgan fingerprint density at radius 2 is 2.00 bits per heavy atom. The molecule has 2 aromatic rings. The van der Waals surface area contributed by atoms with E-state index >= 15 is 0 Å². The van der Waals surface area contributed by atoms with Crippen LogP contribution >= 0.6 is 0 Å². The maximum absolute atomic E-state index is 12.0. The molecule has 0 bridgehead atoms. The van der Waals surface area contributed by atoms with E-state index in [1.807, 2.05) is 26.0 Å². The highest BCUT2D eigenvalue weighted by atomic mass is 16.3. The zero-order chi connectivity index (χ0) is 15.6. The first-order chi connectivity index (χ1) is 9.88. The Kier molecular flexibility index (Phi) is 4.21. The number of hydrogen-bond donors (Lipinski definition) is 2. The smallest absolute Gasteiger partial charge is 0.253 e. The SMILES string of the molecule is Cc1ccc(C(C)Nc2cc(C(=O)N(C)C)ccc2N)o1. The number of furan rings is 1. The lowest BCUT2D eigenvalue weighted by Gasteiger charge is -2.17. The van der Waals surface area contributed by atoms with Gasteiger partial charge in [0.1, 0.15) is 11.5 Å². The number of amides is 1. The van der Waals surface area contributed by atoms with E-state index in [9.17, 15) is 4.79 Å². The monoisotopic (exact) mass is 287 g/mol. The lowest BCUT2D eigenvalue weighted by atomic mass is 10.1. The molecule has 1 atom stereocenters. The summed E-state index contributed by atoms with van der Waals surface area (Å²) in [5, 5.41) is 3.28. The number of benzene rings is 1. The molecule has 0 fully saturated rings. The van der Waals surface area contributed by atoms with Crippen LogP contribution in [-0.2, 0) is 0 Å². The second-order valence-corrected chi connectivity index (χ2v) is 5.32. The van der Waals surface area contributed by atoms with Gasteiger partial charge in [-0.1, -0.05) is 0 Å². The number of carbonyl (C=O) groups excluding carboxylic acids is 1. The summed E-state index contributed by atoms with van der Waals surface area (Å²) in [5.41, 5.74) is 7.90. The molecule has 0 saturated carbocycles. The third kappa shape index (κ3) is 3.37. The third-order valence-electron chi connectivity index (χ3n) is 3.27. The number of rotatable bonds is 4. The highest BCUT2D eigenvalue weighted by Crippen LogP contribution is 2.26. The van der Waals surface area contributed by atoms with E-state index in [1.165, 1.54) is 4.90 Å². The van der Waals surface area contributed by atoms with Crippen LogP contribution in [-0.4, -0.2) is 24.9 Å². The van der Waals surface area contributed by atoms with Gasteiger partial charge in [-0.25, -0.2) is 0 Å². The Bertz CT molecular complexity index is 647. The van der Waals surface area contributed by atoms with Gasteiger partial charge in [-0.2, -0.15) is 0 Å². The lowest BCUT2D eigenvalue weighted by molar-refractivity contribution is 0.0827. The second-order valence-electron chi connectivity index (χ2n) is 5.32. The van der Waals surface area contributed by atoms with Gasteiger partial charge in [0, 0.05) is 19.7 Å². The molecule has 1 aromatic heterocycles. The summed E-state index contributed by atoms with van der Waals surface area (Å²) in [6.45, 7) is 3.89. The van der Waals surface area contributed by atoms with Crippen molar-refractivity contribution in [3.05, 3.63) is 47.4 Å². The van der Waals surface area contributed by atoms with E-state index in [0.29, 0.717) is 11.3 Å². The molecule has 1 heterocycles. The van der Waals surface area contributed by atoms with Crippen molar-refractivity contribution in [1.29, 1.82) is 0 Å². The van der Waals surface area contributed by atoms with Crippen molar-refractivity contribution < 1.29 is 9.21 Å². The molecule has 5 heteroatoms. The Morgan fingerprint density at radius 1 is 1.29 bits per heavy atom. The first-order valence-electron chi connectivity index (χ1n) is 6.82. The van der Waals surface area contributed by atoms with Crippen LogP contribution in [0.5, 0.6) is 0 Å². The van der Waals surface area contributed by atoms with Crippen LogP contribution in [0.15, 0.2) is 34.7 Å². The molecule has 0 aliphatic heterocycles. The maximum Gasteiger partial charge on any atom is 0.253 e. The fourth-order valence-corrected chi connectivity index (χ4v) is 2.06. The molecule has 0 aliphatic rings. The van der Waals surface area contributed by atoms with E-state index in [1.54, 1.807) is 32.3 Å². The first kappa shape index (κ1) is 15.0. The van der Waals surface area contributed by atoms with Crippen LogP contribution in [0.25, 0.3) is 0 Å². The summed E-state index contributed by atoms with van der Waals surface area (Å²) in [4.78, 5) is 13.5. The maximum atomic E-state index is 12.0. The molecule has 0 saturated heterocycles. The van der Waals surface area contributed by atoms with Gasteiger partial charge in [-0.3, -0.25) is 4.79 Å². The zero-order valence-corrected chi connectivity index (χ0v) is 12.8. The minimum atomic E-state index is -0.0560. The number of anilines is 2. The predicted octanol–water partition coefficient (Wildman–Crippen LogP) is 3.05. The summed E-state index contributed by atoms with van der Waals surface area (Å²) < 4.78 is 5.59. The van der Waals surface area contributed by atoms with Gasteiger partial charge in [0.05, 0.1) is 17.4 Å². The summed E-state index contributed by atoms with van der Waals surface area (Å²) in [7, 11) is 3.44. The van der Waals surface area contributed by atoms with Crippen LogP contribution in [0.2, 0.25) is 0 Å². The number of carbonyl (C=O) groups is 1. The normalized spacial score (nSPS) is 12.0. The minimum absolute atomic E-state index is 0.0364. The van der Waals surface area contributed by atoms with Crippen molar-refractivity contribution >= 4 is 17.3 Å². The number of nitrogens with two attached hydrogens (primary N) is 1. The number of nitrogen functional groups attached to an aromatic ring is 1. The second kappa shape index (κ2) is 5.91. The standard InChI is InChI=1S/C16H21N3O2/c1-10-5-8-15(21-10)11(2)18-14-9-12(6-7-13(14)17)16(20)19(3)4/h5-9,11,18H,17H2,1-4H3. The predicted molar refractivity (Wildman–Crippen MR) is 84.4 cm³/mol. The minimum Gasteiger partial charge on any atom is -0.464 e. The summed E-state index contributed by atoms with van der Waals surface area (Å²) in [6.07, 6.45) is 0. The molecule has 1 unspecified atom stereocenters. The van der Waals surface area contributed by atoms with Gasteiger partial charge < -0.3 is 20.4 Å². The van der Waals surface area contributed by atoms with Gasteiger partial charge in [0.25, 0.3) is 5.91 Å². The largest absolute Gasteiger partial charge is 0.464 e. The van der Waals surface area contributed by atoms with Crippen molar-refractivity contribution in [2.45, 2.75) is 19.9 Å². The van der Waals surface area contributed by atoms with Gasteiger partial charge in [0.15, 0.2) is 0 Å². The molecular weight excluding hydrogens is 266 g/mol. The molecule has 5 nitrogen and oxygen atoms in total. The van der Waals surface area contributed by atoms with E-state index < -0.39 is 0 Å². The quantitative estimate of drug-likeness (QED) is 0.848. The Morgan fingerprint density at radius 3 is 2.57 bits per heavy atom. The summed E-state index contributed by atoms with van der Waals surface area (Å²) in [5.74, 6) is 1.64. The van der Waals surface area contributed by atoms with Crippen LogP contribution in [0.4, 0.5) is 11.4 Å². The Balaban J connectivity index is 2.23. The molecular formula is C16H21N3O2. The van der Waals surface area contributed by atoms with Gasteiger partial charge >= 0.3 is 0 Å². The fraction of sp³-hybridized carbons (Fsp3) is 0.312. The van der Waals surface area contributed by atoms with E-state index in [-0.39, 0.29) is 11.9 Å². The summed E-state index contributed by atoms with van der Waals surface area (Å²) >= 11 is 0. The molecule has 3 N–H and O–H groups in total.